The Morgan fingerprint density at radius 2 is 2.08 bits per heavy atom. The Labute approximate surface area is 89.3 Å². The molecule has 2 rings (SSSR count). The molecule has 0 fully saturated rings. The van der Waals surface area contributed by atoms with Crippen molar-refractivity contribution >= 4 is 38.4 Å². The van der Waals surface area contributed by atoms with Crippen molar-refractivity contribution in [1.29, 1.82) is 0 Å². The first-order chi connectivity index (χ1) is 6.27. The summed E-state index contributed by atoms with van der Waals surface area (Å²) in [4.78, 5) is 11.0. The van der Waals surface area contributed by atoms with Crippen LogP contribution in [0.1, 0.15) is 12.0 Å². The highest BCUT2D eigenvalue weighted by Crippen LogP contribution is 2.34. The summed E-state index contributed by atoms with van der Waals surface area (Å²) < 4.78 is 1.05. The highest BCUT2D eigenvalue weighted by Gasteiger charge is 2.16. The molecule has 1 heterocycles. The van der Waals surface area contributed by atoms with Crippen molar-refractivity contribution in [2.24, 2.45) is 0 Å². The van der Waals surface area contributed by atoms with Gasteiger partial charge in [0.25, 0.3) is 0 Å². The maximum Gasteiger partial charge on any atom is 0.197 e. The van der Waals surface area contributed by atoms with Gasteiger partial charge in [-0.3, -0.25) is 4.79 Å². The highest BCUT2D eigenvalue weighted by molar-refractivity contribution is 9.10. The molecule has 0 radical (unpaired) electrons. The lowest BCUT2D eigenvalue weighted by atomic mass is 10.1. The number of carbonyl (C=O) groups is 1. The molecule has 66 valence electrons. The highest BCUT2D eigenvalue weighted by atomic mass is 79.9. The molecule has 0 amide bonds. The summed E-state index contributed by atoms with van der Waals surface area (Å²) in [6.07, 6.45) is 0.549. The average molecular weight is 255 g/mol. The van der Waals surface area contributed by atoms with Gasteiger partial charge in [-0.25, -0.2) is 0 Å². The number of halogens is 1. The lowest BCUT2D eigenvalue weighted by Crippen LogP contribution is -1.87. The molecule has 1 aromatic carbocycles. The summed E-state index contributed by atoms with van der Waals surface area (Å²) in [6, 6.07) is 7.96. The van der Waals surface area contributed by atoms with E-state index in [0.29, 0.717) is 6.42 Å². The van der Waals surface area contributed by atoms with Crippen molar-refractivity contribution in [2.75, 3.05) is 0 Å². The normalized spacial score (nSPS) is 16.1. The maximum absolute atomic E-state index is 11.0. The summed E-state index contributed by atoms with van der Waals surface area (Å²) in [5.41, 5.74) is 2.24. The molecule has 0 saturated heterocycles. The Morgan fingerprint density at radius 1 is 1.31 bits per heavy atom. The minimum absolute atomic E-state index is 0.228. The number of hydrogen-bond acceptors (Lipinski definition) is 2. The molecule has 1 nitrogen and oxygen atoms in total. The summed E-state index contributed by atoms with van der Waals surface area (Å²) in [7, 11) is 0. The van der Waals surface area contributed by atoms with Crippen molar-refractivity contribution in [3.63, 3.8) is 0 Å². The average Bonchev–Trinajstić information content (AvgIpc) is 2.53. The summed E-state index contributed by atoms with van der Waals surface area (Å²) >= 11 is 4.75. The van der Waals surface area contributed by atoms with E-state index in [1.807, 2.05) is 29.7 Å². The minimum atomic E-state index is 0.228. The van der Waals surface area contributed by atoms with Gasteiger partial charge in [-0.15, -0.1) is 0 Å². The Balaban J connectivity index is 2.37. The zero-order valence-corrected chi connectivity index (χ0v) is 9.19. The number of hydrogen-bond donors (Lipinski definition) is 0. The van der Waals surface area contributed by atoms with E-state index >= 15 is 0 Å². The monoisotopic (exact) mass is 254 g/mol. The van der Waals surface area contributed by atoms with Crippen molar-refractivity contribution in [1.82, 2.24) is 0 Å². The molecule has 13 heavy (non-hydrogen) atoms. The van der Waals surface area contributed by atoms with E-state index in [1.54, 1.807) is 0 Å². The van der Waals surface area contributed by atoms with Crippen LogP contribution in [0.4, 0.5) is 0 Å². The van der Waals surface area contributed by atoms with Crippen LogP contribution >= 0.6 is 27.7 Å². The number of thioether (sulfide) groups is 1. The molecular weight excluding hydrogens is 248 g/mol. The van der Waals surface area contributed by atoms with Crippen LogP contribution in [-0.4, -0.2) is 5.12 Å². The molecule has 0 N–H and O–H groups in total. The standard InChI is InChI=1S/C10H7BrOS/c11-9-4-2-1-3-8(9)7-5-10(12)13-6-7/h1-4,6H,5H2. The van der Waals surface area contributed by atoms with E-state index < -0.39 is 0 Å². The Kier molecular flexibility index (Phi) is 2.56. The van der Waals surface area contributed by atoms with Gasteiger partial charge in [0.2, 0.25) is 0 Å². The molecule has 1 aromatic rings. The van der Waals surface area contributed by atoms with Crippen molar-refractivity contribution < 1.29 is 4.79 Å². The van der Waals surface area contributed by atoms with E-state index in [4.69, 9.17) is 0 Å². The maximum atomic E-state index is 11.0. The first kappa shape index (κ1) is 9.03. The first-order valence-corrected chi connectivity index (χ1v) is 5.58. The molecule has 0 aliphatic carbocycles. The van der Waals surface area contributed by atoms with Crippen LogP contribution in [0.15, 0.2) is 34.1 Å². The Morgan fingerprint density at radius 3 is 2.69 bits per heavy atom. The van der Waals surface area contributed by atoms with Gasteiger partial charge in [0.1, 0.15) is 0 Å². The second-order valence-corrected chi connectivity index (χ2v) is 4.57. The lowest BCUT2D eigenvalue weighted by molar-refractivity contribution is -0.109. The molecule has 3 heteroatoms. The largest absolute Gasteiger partial charge is 0.286 e. The predicted octanol–water partition coefficient (Wildman–Crippen LogP) is 3.45. The number of allylic oxidation sites excluding steroid dienone is 1. The van der Waals surface area contributed by atoms with Gasteiger partial charge in [0.15, 0.2) is 5.12 Å². The molecule has 0 atom stereocenters. The summed E-state index contributed by atoms with van der Waals surface area (Å²) in [5.74, 6) is 0. The van der Waals surface area contributed by atoms with Crippen LogP contribution in [0.3, 0.4) is 0 Å². The third-order valence-electron chi connectivity index (χ3n) is 1.89. The molecule has 1 aliphatic rings. The van der Waals surface area contributed by atoms with E-state index in [-0.39, 0.29) is 5.12 Å². The van der Waals surface area contributed by atoms with E-state index in [2.05, 4.69) is 15.9 Å². The zero-order valence-electron chi connectivity index (χ0n) is 6.79. The van der Waals surface area contributed by atoms with Crippen LogP contribution in [-0.2, 0) is 4.79 Å². The smallest absolute Gasteiger partial charge is 0.197 e. The summed E-state index contributed by atoms with van der Waals surface area (Å²) in [5, 5.41) is 2.16. The Hall–Kier alpha value is -0.540. The summed E-state index contributed by atoms with van der Waals surface area (Å²) in [6.45, 7) is 0. The molecular formula is C10H7BrOS. The quantitative estimate of drug-likeness (QED) is 0.764. The van der Waals surface area contributed by atoms with Gasteiger partial charge in [-0.2, -0.15) is 0 Å². The van der Waals surface area contributed by atoms with Crippen LogP contribution in [0.5, 0.6) is 0 Å². The van der Waals surface area contributed by atoms with Crippen molar-refractivity contribution in [2.45, 2.75) is 6.42 Å². The van der Waals surface area contributed by atoms with Crippen LogP contribution in [0.25, 0.3) is 5.57 Å². The fourth-order valence-corrected chi connectivity index (χ4v) is 2.52. The van der Waals surface area contributed by atoms with Gasteiger partial charge >= 0.3 is 0 Å². The molecule has 0 unspecified atom stereocenters. The number of benzene rings is 1. The fraction of sp³-hybridized carbons (Fsp3) is 0.100. The van der Waals surface area contributed by atoms with Crippen LogP contribution in [0, 0.1) is 0 Å². The number of rotatable bonds is 1. The first-order valence-electron chi connectivity index (χ1n) is 3.91. The van der Waals surface area contributed by atoms with Gasteiger partial charge in [-0.05, 0) is 22.6 Å². The minimum Gasteiger partial charge on any atom is -0.286 e. The van der Waals surface area contributed by atoms with Crippen molar-refractivity contribution in [3.8, 4) is 0 Å². The van der Waals surface area contributed by atoms with Gasteiger partial charge < -0.3 is 0 Å². The molecule has 0 spiro atoms. The van der Waals surface area contributed by atoms with Gasteiger partial charge in [0, 0.05) is 10.9 Å². The van der Waals surface area contributed by atoms with E-state index in [9.17, 15) is 4.79 Å². The van der Waals surface area contributed by atoms with Crippen LogP contribution < -0.4 is 0 Å². The Bertz CT molecular complexity index is 384. The second kappa shape index (κ2) is 3.68. The SMILES string of the molecule is O=C1CC(c2ccccc2Br)=CS1. The van der Waals surface area contributed by atoms with E-state index in [1.165, 1.54) is 11.8 Å². The molecule has 0 bridgehead atoms. The third-order valence-corrected chi connectivity index (χ3v) is 3.39. The lowest BCUT2D eigenvalue weighted by Gasteiger charge is -2.02. The molecule has 1 aliphatic heterocycles. The predicted molar refractivity (Wildman–Crippen MR) is 59.3 cm³/mol. The third kappa shape index (κ3) is 1.86. The second-order valence-electron chi connectivity index (χ2n) is 2.79. The molecule has 0 aromatic heterocycles. The van der Waals surface area contributed by atoms with Gasteiger partial charge in [-0.1, -0.05) is 45.9 Å². The van der Waals surface area contributed by atoms with Gasteiger partial charge in [0.05, 0.1) is 0 Å². The van der Waals surface area contributed by atoms with Crippen molar-refractivity contribution in [3.05, 3.63) is 39.7 Å². The number of carbonyl (C=O) groups excluding carboxylic acids is 1. The zero-order chi connectivity index (χ0) is 9.26. The van der Waals surface area contributed by atoms with Crippen LogP contribution in [0.2, 0.25) is 0 Å². The fourth-order valence-electron chi connectivity index (χ4n) is 1.26. The molecule has 0 saturated carbocycles. The topological polar surface area (TPSA) is 17.1 Å². The van der Waals surface area contributed by atoms with E-state index in [0.717, 1.165) is 15.6 Å².